The number of nitrogens with zero attached hydrogens (tertiary/aromatic N) is 4. The van der Waals surface area contributed by atoms with Crippen LogP contribution in [0, 0.1) is 0 Å². The van der Waals surface area contributed by atoms with Gasteiger partial charge in [0.1, 0.15) is 6.61 Å². The molecule has 0 saturated heterocycles. The van der Waals surface area contributed by atoms with Gasteiger partial charge in [0.05, 0.1) is 5.69 Å². The maximum atomic E-state index is 12.0. The maximum Gasteiger partial charge on any atom is 0.368 e. The van der Waals surface area contributed by atoms with Gasteiger partial charge in [0.15, 0.2) is 0 Å². The van der Waals surface area contributed by atoms with E-state index in [2.05, 4.69) is 15.9 Å². The van der Waals surface area contributed by atoms with E-state index >= 15 is 0 Å². The third-order valence-electron chi connectivity index (χ3n) is 3.14. The van der Waals surface area contributed by atoms with Gasteiger partial charge in [-0.2, -0.15) is 9.36 Å². The van der Waals surface area contributed by atoms with Crippen molar-refractivity contribution in [2.75, 3.05) is 6.26 Å². The van der Waals surface area contributed by atoms with E-state index in [-0.39, 0.29) is 17.5 Å². The zero-order valence-corrected chi connectivity index (χ0v) is 13.4. The Morgan fingerprint density at radius 3 is 2.77 bits per heavy atom. The van der Waals surface area contributed by atoms with Crippen LogP contribution in [0.2, 0.25) is 0 Å². The van der Waals surface area contributed by atoms with Crippen molar-refractivity contribution in [1.29, 1.82) is 0 Å². The third-order valence-corrected chi connectivity index (χ3v) is 3.59. The lowest BCUT2D eigenvalue weighted by molar-refractivity contribution is 0.0571. The van der Waals surface area contributed by atoms with E-state index in [0.29, 0.717) is 5.69 Å². The van der Waals surface area contributed by atoms with E-state index < -0.39 is 0 Å². The van der Waals surface area contributed by atoms with E-state index in [0.717, 1.165) is 34.0 Å². The molecular weight excluding hydrogens is 306 g/mol. The Bertz CT molecular complexity index is 725. The van der Waals surface area contributed by atoms with Gasteiger partial charge in [-0.15, -0.1) is 0 Å². The predicted molar refractivity (Wildman–Crippen MR) is 82.8 cm³/mol. The third kappa shape index (κ3) is 3.37. The molecule has 1 N–H and O–H groups in total. The van der Waals surface area contributed by atoms with Gasteiger partial charge in [-0.05, 0) is 34.7 Å². The average Bonchev–Trinajstić information content (AvgIpc) is 2.86. The molecular formula is C13H17N5O3S. The smallest absolute Gasteiger partial charge is 0.268 e. The molecule has 0 aliphatic rings. The van der Waals surface area contributed by atoms with Crippen LogP contribution < -0.4 is 11.2 Å². The topological polar surface area (TPSA) is 91.0 Å². The fraction of sp³-hybridized carbons (Fsp3) is 0.385. The number of aromatic nitrogens is 4. The van der Waals surface area contributed by atoms with Crippen molar-refractivity contribution in [3.63, 3.8) is 0 Å². The molecule has 2 rings (SSSR count). The number of hydroxylamine groups is 1. The molecule has 0 fully saturated rings. The predicted octanol–water partition coefficient (Wildman–Crippen LogP) is 1.03. The average molecular weight is 323 g/mol. The number of carbonyl (C=O) groups excluding carboxylic acids is 1. The molecule has 0 atom stereocenters. The standard InChI is InChI=1S/C13H17N5O3S/c1-4-9-6-5-7-11(18-13(20)17(2)15-16-18)10(9)8-21-14-12(19)22-3/h5-7H,4,8H2,1-3H3,(H,14,19). The molecule has 0 spiro atoms. The van der Waals surface area contributed by atoms with Crippen LogP contribution in [0.3, 0.4) is 0 Å². The van der Waals surface area contributed by atoms with Gasteiger partial charge in [0.2, 0.25) is 0 Å². The first-order valence-electron chi connectivity index (χ1n) is 6.64. The second-order valence-corrected chi connectivity index (χ2v) is 5.23. The van der Waals surface area contributed by atoms with Crippen LogP contribution in [-0.4, -0.2) is 31.3 Å². The molecule has 0 radical (unpaired) electrons. The Morgan fingerprint density at radius 1 is 1.41 bits per heavy atom. The molecule has 22 heavy (non-hydrogen) atoms. The van der Waals surface area contributed by atoms with Gasteiger partial charge >= 0.3 is 10.9 Å². The summed E-state index contributed by atoms with van der Waals surface area (Å²) >= 11 is 1.02. The zero-order valence-electron chi connectivity index (χ0n) is 12.6. The molecule has 1 aromatic heterocycles. The Labute approximate surface area is 131 Å². The molecule has 1 amide bonds. The number of rotatable bonds is 5. The molecule has 2 aromatic rings. The van der Waals surface area contributed by atoms with E-state index in [1.54, 1.807) is 12.3 Å². The van der Waals surface area contributed by atoms with Crippen molar-refractivity contribution in [2.45, 2.75) is 20.0 Å². The van der Waals surface area contributed by atoms with E-state index in [9.17, 15) is 9.59 Å². The van der Waals surface area contributed by atoms with E-state index in [1.165, 1.54) is 11.7 Å². The molecule has 118 valence electrons. The lowest BCUT2D eigenvalue weighted by atomic mass is 10.0. The van der Waals surface area contributed by atoms with Crippen LogP contribution in [0.4, 0.5) is 4.79 Å². The van der Waals surface area contributed by atoms with Crippen molar-refractivity contribution in [3.05, 3.63) is 39.8 Å². The summed E-state index contributed by atoms with van der Waals surface area (Å²) in [5, 5.41) is 7.28. The van der Waals surface area contributed by atoms with Gasteiger partial charge in [-0.3, -0.25) is 9.63 Å². The molecule has 0 aliphatic carbocycles. The second-order valence-electron chi connectivity index (χ2n) is 4.45. The minimum atomic E-state index is -0.345. The summed E-state index contributed by atoms with van der Waals surface area (Å²) in [6.45, 7) is 2.14. The fourth-order valence-electron chi connectivity index (χ4n) is 1.99. The second kappa shape index (κ2) is 7.23. The van der Waals surface area contributed by atoms with E-state index in [1.807, 2.05) is 19.1 Å². The molecule has 0 saturated carbocycles. The van der Waals surface area contributed by atoms with E-state index in [4.69, 9.17) is 4.84 Å². The molecule has 1 aromatic carbocycles. The Morgan fingerprint density at radius 2 is 2.18 bits per heavy atom. The minimum Gasteiger partial charge on any atom is -0.268 e. The summed E-state index contributed by atoms with van der Waals surface area (Å²) in [6.07, 6.45) is 2.42. The Balaban J connectivity index is 2.36. The zero-order chi connectivity index (χ0) is 16.1. The Kier molecular flexibility index (Phi) is 5.34. The van der Waals surface area contributed by atoms with Crippen molar-refractivity contribution in [1.82, 2.24) is 25.3 Å². The van der Waals surface area contributed by atoms with Crippen LogP contribution in [0.5, 0.6) is 0 Å². The quantitative estimate of drug-likeness (QED) is 0.827. The number of carbonyl (C=O) groups is 1. The monoisotopic (exact) mass is 323 g/mol. The van der Waals surface area contributed by atoms with Crippen molar-refractivity contribution < 1.29 is 9.63 Å². The number of nitrogens with one attached hydrogen (secondary N) is 1. The highest BCUT2D eigenvalue weighted by atomic mass is 32.2. The van der Waals surface area contributed by atoms with Gasteiger partial charge in [0, 0.05) is 12.6 Å². The Hall–Kier alpha value is -2.13. The number of tetrazole rings is 1. The highest BCUT2D eigenvalue weighted by molar-refractivity contribution is 8.12. The van der Waals surface area contributed by atoms with Crippen LogP contribution in [0.1, 0.15) is 18.1 Å². The number of hydrogen-bond acceptors (Lipinski definition) is 6. The number of aryl methyl sites for hydroxylation is 2. The minimum absolute atomic E-state index is 0.134. The van der Waals surface area contributed by atoms with Gasteiger partial charge in [-0.25, -0.2) is 10.3 Å². The first-order valence-corrected chi connectivity index (χ1v) is 7.86. The summed E-state index contributed by atoms with van der Waals surface area (Å²) in [5.74, 6) is 0. The highest BCUT2D eigenvalue weighted by Crippen LogP contribution is 2.19. The summed E-state index contributed by atoms with van der Waals surface area (Å²) in [5.41, 5.74) is 4.37. The van der Waals surface area contributed by atoms with Crippen molar-refractivity contribution >= 4 is 17.0 Å². The first-order chi connectivity index (χ1) is 10.6. The maximum absolute atomic E-state index is 12.0. The van der Waals surface area contributed by atoms with Crippen LogP contribution in [0.15, 0.2) is 23.0 Å². The van der Waals surface area contributed by atoms with Gasteiger partial charge in [0.25, 0.3) is 0 Å². The van der Waals surface area contributed by atoms with Crippen molar-refractivity contribution in [3.8, 4) is 5.69 Å². The summed E-state index contributed by atoms with van der Waals surface area (Å²) in [6, 6.07) is 5.56. The highest BCUT2D eigenvalue weighted by Gasteiger charge is 2.14. The van der Waals surface area contributed by atoms with Crippen LogP contribution >= 0.6 is 11.8 Å². The molecule has 0 aliphatic heterocycles. The van der Waals surface area contributed by atoms with Gasteiger partial charge < -0.3 is 0 Å². The number of amides is 1. The first kappa shape index (κ1) is 16.2. The lowest BCUT2D eigenvalue weighted by Crippen LogP contribution is -2.24. The summed E-state index contributed by atoms with van der Waals surface area (Å²) < 4.78 is 2.37. The number of benzene rings is 1. The molecule has 0 bridgehead atoms. The largest absolute Gasteiger partial charge is 0.368 e. The van der Waals surface area contributed by atoms with Crippen molar-refractivity contribution in [2.24, 2.45) is 7.05 Å². The number of thioether (sulfide) groups is 1. The van der Waals surface area contributed by atoms with Crippen LogP contribution in [-0.2, 0) is 24.9 Å². The SMILES string of the molecule is CCc1cccc(-n2nnn(C)c2=O)c1CONC(=O)SC. The molecule has 0 unspecified atom stereocenters. The normalized spacial score (nSPS) is 10.7. The number of hydrogen-bond donors (Lipinski definition) is 1. The lowest BCUT2D eigenvalue weighted by Gasteiger charge is -2.13. The van der Waals surface area contributed by atoms with Crippen LogP contribution in [0.25, 0.3) is 5.69 Å². The molecule has 1 heterocycles. The summed E-state index contributed by atoms with van der Waals surface area (Å²) in [4.78, 5) is 28.5. The molecule has 9 heteroatoms. The summed E-state index contributed by atoms with van der Waals surface area (Å²) in [7, 11) is 1.53. The van der Waals surface area contributed by atoms with Gasteiger partial charge in [-0.1, -0.05) is 30.8 Å². The fourth-order valence-corrected chi connectivity index (χ4v) is 2.13. The molecule has 8 nitrogen and oxygen atoms in total.